The minimum Gasteiger partial charge on any atom is -0.441 e. The number of carbonyl (C=O) groups is 1. The van der Waals surface area contributed by atoms with Crippen LogP contribution in [0, 0.1) is 6.92 Å². The molecule has 0 unspecified atom stereocenters. The van der Waals surface area contributed by atoms with Gasteiger partial charge in [-0.3, -0.25) is 10.00 Å². The predicted octanol–water partition coefficient (Wildman–Crippen LogP) is 5.47. The van der Waals surface area contributed by atoms with Gasteiger partial charge < -0.3 is 4.74 Å². The highest BCUT2D eigenvalue weighted by molar-refractivity contribution is 9.10. The maximum Gasteiger partial charge on any atom is 0.412 e. The average Bonchev–Trinajstić information content (AvgIpc) is 2.90. The smallest absolute Gasteiger partial charge is 0.412 e. The van der Waals surface area contributed by atoms with Crippen LogP contribution in [0.3, 0.4) is 0 Å². The van der Waals surface area contributed by atoms with Crippen LogP contribution in [0.2, 0.25) is 0 Å². The Hall–Kier alpha value is -2.60. The van der Waals surface area contributed by atoms with E-state index >= 15 is 0 Å². The molecule has 0 spiro atoms. The lowest BCUT2D eigenvalue weighted by Crippen LogP contribution is -2.16. The van der Waals surface area contributed by atoms with Crippen LogP contribution in [-0.4, -0.2) is 15.9 Å². The molecule has 26 heavy (non-hydrogen) atoms. The molecule has 0 saturated carbocycles. The van der Waals surface area contributed by atoms with Crippen molar-refractivity contribution in [1.29, 1.82) is 0 Å². The molecule has 1 heterocycles. The van der Waals surface area contributed by atoms with Gasteiger partial charge >= 0.3 is 6.09 Å². The van der Waals surface area contributed by atoms with E-state index in [1.54, 1.807) is 4.68 Å². The fourth-order valence-corrected chi connectivity index (χ4v) is 3.10. The van der Waals surface area contributed by atoms with Crippen molar-refractivity contribution in [3.8, 4) is 11.3 Å². The van der Waals surface area contributed by atoms with Crippen molar-refractivity contribution in [2.45, 2.75) is 20.0 Å². The number of carbonyl (C=O) groups excluding carboxylic acids is 1. The highest BCUT2D eigenvalue weighted by Gasteiger charge is 2.19. The average molecular weight is 414 g/mol. The zero-order chi connectivity index (χ0) is 18.7. The van der Waals surface area contributed by atoms with Gasteiger partial charge in [0.25, 0.3) is 0 Å². The molecule has 0 aliphatic heterocycles. The standard InChI is InChI=1S/C20H20BrN3O2/c1-13-18(19(24(3)23-13)16-9-11-17(21)12-10-16)22-20(25)26-14(2)15-7-5-4-6-8-15/h4-12,14H,1-3H3,(H,22,25)/t14-/m1/s1. The van der Waals surface area contributed by atoms with Crippen LogP contribution in [0.4, 0.5) is 10.5 Å². The minimum atomic E-state index is -0.504. The minimum absolute atomic E-state index is 0.343. The Balaban J connectivity index is 1.81. The molecule has 0 aliphatic carbocycles. The maximum absolute atomic E-state index is 12.4. The van der Waals surface area contributed by atoms with E-state index in [0.717, 1.165) is 27.0 Å². The molecule has 0 bridgehead atoms. The zero-order valence-corrected chi connectivity index (χ0v) is 16.4. The third kappa shape index (κ3) is 3.96. The summed E-state index contributed by atoms with van der Waals surface area (Å²) in [6.07, 6.45) is -0.847. The van der Waals surface area contributed by atoms with Crippen molar-refractivity contribution in [3.05, 3.63) is 70.3 Å². The number of rotatable bonds is 4. The first-order valence-corrected chi connectivity index (χ1v) is 9.07. The van der Waals surface area contributed by atoms with E-state index in [0.29, 0.717) is 5.69 Å². The second-order valence-electron chi connectivity index (χ2n) is 6.02. The first-order chi connectivity index (χ1) is 12.5. The summed E-state index contributed by atoms with van der Waals surface area (Å²) in [6.45, 7) is 3.71. The summed E-state index contributed by atoms with van der Waals surface area (Å²) < 4.78 is 8.27. The molecule has 3 rings (SSSR count). The van der Waals surface area contributed by atoms with Crippen molar-refractivity contribution < 1.29 is 9.53 Å². The van der Waals surface area contributed by atoms with Crippen molar-refractivity contribution in [3.63, 3.8) is 0 Å². The van der Waals surface area contributed by atoms with Gasteiger partial charge in [-0.15, -0.1) is 0 Å². The fourth-order valence-electron chi connectivity index (χ4n) is 2.83. The lowest BCUT2D eigenvalue weighted by atomic mass is 10.1. The van der Waals surface area contributed by atoms with Crippen LogP contribution in [0.5, 0.6) is 0 Å². The van der Waals surface area contributed by atoms with Crippen molar-refractivity contribution in [2.75, 3.05) is 5.32 Å². The molecule has 134 valence electrons. The summed E-state index contributed by atoms with van der Waals surface area (Å²) in [5.41, 5.74) is 4.12. The molecule has 0 fully saturated rings. The second kappa shape index (κ2) is 7.74. The number of anilines is 1. The van der Waals surface area contributed by atoms with Crippen LogP contribution in [0.15, 0.2) is 59.1 Å². The van der Waals surface area contributed by atoms with Gasteiger partial charge in [0.2, 0.25) is 0 Å². The number of hydrogen-bond acceptors (Lipinski definition) is 3. The van der Waals surface area contributed by atoms with Gasteiger partial charge in [-0.25, -0.2) is 4.79 Å². The quantitative estimate of drug-likeness (QED) is 0.616. The Morgan fingerprint density at radius 1 is 1.15 bits per heavy atom. The van der Waals surface area contributed by atoms with E-state index in [1.165, 1.54) is 0 Å². The second-order valence-corrected chi connectivity index (χ2v) is 6.94. The number of aryl methyl sites for hydroxylation is 2. The SMILES string of the molecule is Cc1nn(C)c(-c2ccc(Br)cc2)c1NC(=O)O[C@H](C)c1ccccc1. The Morgan fingerprint density at radius 2 is 1.81 bits per heavy atom. The van der Waals surface area contributed by atoms with Gasteiger partial charge in [0.05, 0.1) is 17.1 Å². The van der Waals surface area contributed by atoms with Gasteiger partial charge in [0.1, 0.15) is 6.10 Å². The van der Waals surface area contributed by atoms with Crippen molar-refractivity contribution >= 4 is 27.7 Å². The number of ether oxygens (including phenoxy) is 1. The molecule has 2 aromatic carbocycles. The Kier molecular flexibility index (Phi) is 5.42. The summed E-state index contributed by atoms with van der Waals surface area (Å²) in [5.74, 6) is 0. The molecule has 0 aliphatic rings. The third-order valence-electron chi connectivity index (χ3n) is 4.12. The number of benzene rings is 2. The van der Waals surface area contributed by atoms with Gasteiger partial charge in [0.15, 0.2) is 0 Å². The predicted molar refractivity (Wildman–Crippen MR) is 106 cm³/mol. The number of halogens is 1. The first kappa shape index (κ1) is 18.2. The van der Waals surface area contributed by atoms with Gasteiger partial charge in [0, 0.05) is 17.1 Å². The summed E-state index contributed by atoms with van der Waals surface area (Å²) in [7, 11) is 1.85. The number of amides is 1. The molecule has 3 aromatic rings. The molecule has 1 aromatic heterocycles. The normalized spacial score (nSPS) is 11.8. The molecule has 1 atom stereocenters. The number of aromatic nitrogens is 2. The molecule has 1 N–H and O–H groups in total. The summed E-state index contributed by atoms with van der Waals surface area (Å²) in [6, 6.07) is 17.5. The van der Waals surface area contributed by atoms with Gasteiger partial charge in [-0.2, -0.15) is 5.10 Å². The number of nitrogens with one attached hydrogen (secondary N) is 1. The highest BCUT2D eigenvalue weighted by atomic mass is 79.9. The van der Waals surface area contributed by atoms with Crippen LogP contribution in [-0.2, 0) is 11.8 Å². The number of nitrogens with zero attached hydrogens (tertiary/aromatic N) is 2. The molecule has 6 heteroatoms. The van der Waals surface area contributed by atoms with E-state index in [-0.39, 0.29) is 6.10 Å². The van der Waals surface area contributed by atoms with Crippen LogP contribution < -0.4 is 5.32 Å². The maximum atomic E-state index is 12.4. The molecule has 0 radical (unpaired) electrons. The lowest BCUT2D eigenvalue weighted by Gasteiger charge is -2.15. The molecule has 0 saturated heterocycles. The molecule has 1 amide bonds. The van der Waals surface area contributed by atoms with Crippen molar-refractivity contribution in [1.82, 2.24) is 9.78 Å². The highest BCUT2D eigenvalue weighted by Crippen LogP contribution is 2.31. The zero-order valence-electron chi connectivity index (χ0n) is 14.9. The topological polar surface area (TPSA) is 56.2 Å². The van der Waals surface area contributed by atoms with Crippen LogP contribution in [0.1, 0.15) is 24.3 Å². The van der Waals surface area contributed by atoms with Crippen molar-refractivity contribution in [2.24, 2.45) is 7.05 Å². The monoisotopic (exact) mass is 413 g/mol. The van der Waals surface area contributed by atoms with E-state index in [2.05, 4.69) is 26.3 Å². The summed E-state index contributed by atoms with van der Waals surface area (Å²) >= 11 is 3.44. The molecular formula is C20H20BrN3O2. The summed E-state index contributed by atoms with van der Waals surface area (Å²) in [4.78, 5) is 12.4. The van der Waals surface area contributed by atoms with E-state index in [9.17, 15) is 4.79 Å². The lowest BCUT2D eigenvalue weighted by molar-refractivity contribution is 0.121. The van der Waals surface area contributed by atoms with Crippen LogP contribution >= 0.6 is 15.9 Å². The van der Waals surface area contributed by atoms with Gasteiger partial charge in [-0.1, -0.05) is 58.4 Å². The van der Waals surface area contributed by atoms with Crippen LogP contribution in [0.25, 0.3) is 11.3 Å². The van der Waals surface area contributed by atoms with E-state index in [4.69, 9.17) is 4.74 Å². The first-order valence-electron chi connectivity index (χ1n) is 8.28. The largest absolute Gasteiger partial charge is 0.441 e. The molecule has 5 nitrogen and oxygen atoms in total. The fraction of sp³-hybridized carbons (Fsp3) is 0.200. The Bertz CT molecular complexity index is 905. The Morgan fingerprint density at radius 3 is 2.46 bits per heavy atom. The Labute approximate surface area is 161 Å². The third-order valence-corrected chi connectivity index (χ3v) is 4.65. The van der Waals surface area contributed by atoms with E-state index in [1.807, 2.05) is 75.5 Å². The van der Waals surface area contributed by atoms with Gasteiger partial charge in [-0.05, 0) is 31.5 Å². The number of hydrogen-bond donors (Lipinski definition) is 1. The summed E-state index contributed by atoms with van der Waals surface area (Å²) in [5, 5.41) is 7.29. The van der Waals surface area contributed by atoms with E-state index < -0.39 is 6.09 Å². The molecular weight excluding hydrogens is 394 g/mol.